The van der Waals surface area contributed by atoms with E-state index < -0.39 is 5.97 Å². The number of carbonyl (C=O) groups is 2. The van der Waals surface area contributed by atoms with Gasteiger partial charge in [-0.15, -0.1) is 0 Å². The fraction of sp³-hybridized carbons (Fsp3) is 0.360. The highest BCUT2D eigenvalue weighted by Gasteiger charge is 2.13. The number of benzene rings is 1. The fourth-order valence-corrected chi connectivity index (χ4v) is 3.90. The zero-order valence-electron chi connectivity index (χ0n) is 21.1. The van der Waals surface area contributed by atoms with Crippen LogP contribution < -0.4 is 5.32 Å². The number of hydrogen-bond donors (Lipinski definition) is 2. The van der Waals surface area contributed by atoms with Gasteiger partial charge in [0.2, 0.25) is 0 Å². The lowest BCUT2D eigenvalue weighted by molar-refractivity contribution is -0.142. The summed E-state index contributed by atoms with van der Waals surface area (Å²) >= 11 is 2.89. The molecule has 202 valence electrons. The Morgan fingerprint density at radius 1 is 0.816 bits per heavy atom. The normalized spacial score (nSPS) is 10.9. The van der Waals surface area contributed by atoms with Crippen molar-refractivity contribution in [1.82, 2.24) is 25.3 Å². The monoisotopic (exact) mass is 559 g/mol. The minimum absolute atomic E-state index is 0.199. The molecule has 2 aromatic heterocycles. The predicted molar refractivity (Wildman–Crippen MR) is 144 cm³/mol. The van der Waals surface area contributed by atoms with E-state index in [9.17, 15) is 9.59 Å². The highest BCUT2D eigenvalue weighted by Crippen LogP contribution is 2.28. The first kappa shape index (κ1) is 29.5. The van der Waals surface area contributed by atoms with Crippen LogP contribution in [0.2, 0.25) is 0 Å². The first-order valence-electron chi connectivity index (χ1n) is 11.6. The first-order valence-corrected chi connectivity index (χ1v) is 14.1. The van der Waals surface area contributed by atoms with E-state index in [1.54, 1.807) is 24.5 Å². The number of carbonyl (C=O) groups excluding carboxylic acids is 1. The van der Waals surface area contributed by atoms with Crippen LogP contribution >= 0.6 is 23.5 Å². The van der Waals surface area contributed by atoms with E-state index in [0.717, 1.165) is 11.1 Å². The van der Waals surface area contributed by atoms with E-state index in [1.807, 2.05) is 30.7 Å². The molecule has 0 fully saturated rings. The summed E-state index contributed by atoms with van der Waals surface area (Å²) in [6, 6.07) is 9.15. The summed E-state index contributed by atoms with van der Waals surface area (Å²) < 4.78 is 15.7. The maximum atomic E-state index is 13.0. The van der Waals surface area contributed by atoms with Crippen LogP contribution in [-0.2, 0) is 19.0 Å². The maximum Gasteiger partial charge on any atom is 0.329 e. The van der Waals surface area contributed by atoms with Crippen LogP contribution in [0.3, 0.4) is 0 Å². The number of nitrogens with one attached hydrogen (secondary N) is 1. The van der Waals surface area contributed by atoms with Crippen molar-refractivity contribution in [1.29, 1.82) is 0 Å². The highest BCUT2D eigenvalue weighted by atomic mass is 32.2. The molecule has 3 rings (SSSR count). The molecule has 0 aliphatic carbocycles. The van der Waals surface area contributed by atoms with Gasteiger partial charge in [-0.2, -0.15) is 0 Å². The summed E-state index contributed by atoms with van der Waals surface area (Å²) in [5, 5.41) is 12.6. The van der Waals surface area contributed by atoms with Gasteiger partial charge < -0.3 is 24.6 Å². The molecule has 0 aliphatic rings. The topological polar surface area (TPSA) is 146 Å². The Balaban J connectivity index is 1.60. The number of rotatable bonds is 16. The van der Waals surface area contributed by atoms with Crippen molar-refractivity contribution in [2.75, 3.05) is 58.7 Å². The second-order valence-corrected chi connectivity index (χ2v) is 9.13. The van der Waals surface area contributed by atoms with Gasteiger partial charge in [0.05, 0.1) is 44.4 Å². The largest absolute Gasteiger partial charge is 0.480 e. The number of carboxylic acids is 1. The van der Waals surface area contributed by atoms with Crippen molar-refractivity contribution < 1.29 is 28.9 Å². The molecular formula is C25H29N5O6S2. The molecular weight excluding hydrogens is 530 g/mol. The molecule has 3 aromatic rings. The Labute approximate surface area is 229 Å². The third kappa shape index (κ3) is 9.65. The summed E-state index contributed by atoms with van der Waals surface area (Å²) in [6.07, 6.45) is 7.21. The summed E-state index contributed by atoms with van der Waals surface area (Å²) in [6.45, 7) is 1.43. The Kier molecular flexibility index (Phi) is 12.4. The number of nitrogens with zero attached hydrogens (tertiary/aromatic N) is 4. The number of amides is 1. The minimum Gasteiger partial charge on any atom is -0.480 e. The van der Waals surface area contributed by atoms with Gasteiger partial charge in [0.15, 0.2) is 10.3 Å². The lowest BCUT2D eigenvalue weighted by Gasteiger charge is -2.11. The fourth-order valence-electron chi connectivity index (χ4n) is 3.19. The van der Waals surface area contributed by atoms with E-state index in [-0.39, 0.29) is 25.7 Å². The molecule has 0 spiro atoms. The van der Waals surface area contributed by atoms with Gasteiger partial charge in [-0.1, -0.05) is 23.5 Å². The van der Waals surface area contributed by atoms with E-state index in [2.05, 4.69) is 25.3 Å². The van der Waals surface area contributed by atoms with Crippen LogP contribution in [0.25, 0.3) is 22.5 Å². The van der Waals surface area contributed by atoms with E-state index >= 15 is 0 Å². The maximum absolute atomic E-state index is 13.0. The SMILES string of the molecule is CSc1nccc(-c2cc(C(=O)NCCOCCOCCOCC(=O)O)cc(-c3ccnc(SC)n3)c2)n1. The van der Waals surface area contributed by atoms with E-state index in [1.165, 1.54) is 23.5 Å². The molecule has 0 aliphatic heterocycles. The van der Waals surface area contributed by atoms with Crippen molar-refractivity contribution in [3.05, 3.63) is 48.3 Å². The third-order valence-corrected chi connectivity index (χ3v) is 6.04. The predicted octanol–water partition coefficient (Wildman–Crippen LogP) is 2.91. The molecule has 2 heterocycles. The number of aliphatic carboxylic acids is 1. The molecule has 38 heavy (non-hydrogen) atoms. The van der Waals surface area contributed by atoms with Crippen LogP contribution in [0.15, 0.2) is 53.0 Å². The standard InChI is InChI=1S/C25H29N5O6S2/c1-37-24-27-5-3-20(29-24)17-13-18(21-4-6-28-25(30-21)38-2)15-19(14-17)23(33)26-7-8-34-9-10-35-11-12-36-16-22(31)32/h3-6,13-15H,7-12,16H2,1-2H3,(H,26,33)(H,31,32). The molecule has 1 amide bonds. The van der Waals surface area contributed by atoms with E-state index in [4.69, 9.17) is 19.3 Å². The van der Waals surface area contributed by atoms with Crippen LogP contribution in [0, 0.1) is 0 Å². The third-order valence-electron chi connectivity index (χ3n) is 4.92. The molecule has 0 radical (unpaired) electrons. The molecule has 2 N–H and O–H groups in total. The zero-order valence-corrected chi connectivity index (χ0v) is 22.7. The van der Waals surface area contributed by atoms with Gasteiger partial charge in [-0.05, 0) is 42.8 Å². The van der Waals surface area contributed by atoms with Crippen LogP contribution in [0.4, 0.5) is 0 Å². The van der Waals surface area contributed by atoms with Gasteiger partial charge >= 0.3 is 5.97 Å². The summed E-state index contributed by atoms with van der Waals surface area (Å²) in [7, 11) is 0. The first-order chi connectivity index (χ1) is 18.5. The lowest BCUT2D eigenvalue weighted by atomic mass is 10.0. The molecule has 13 heteroatoms. The number of thioether (sulfide) groups is 2. The molecule has 0 saturated carbocycles. The minimum atomic E-state index is -1.02. The average molecular weight is 560 g/mol. The molecule has 0 unspecified atom stereocenters. The molecule has 0 saturated heterocycles. The quantitative estimate of drug-likeness (QED) is 0.151. The average Bonchev–Trinajstić information content (AvgIpc) is 2.95. The highest BCUT2D eigenvalue weighted by molar-refractivity contribution is 7.98. The Morgan fingerprint density at radius 3 is 1.87 bits per heavy atom. The Hall–Kier alpha value is -3.10. The second-order valence-electron chi connectivity index (χ2n) is 7.58. The number of hydrogen-bond acceptors (Lipinski definition) is 11. The van der Waals surface area contributed by atoms with Gasteiger partial charge in [0, 0.05) is 35.6 Å². The van der Waals surface area contributed by atoms with Crippen molar-refractivity contribution in [2.45, 2.75) is 10.3 Å². The zero-order chi connectivity index (χ0) is 27.2. The Bertz CT molecular complexity index is 1150. The summed E-state index contributed by atoms with van der Waals surface area (Å²) in [5.41, 5.74) is 3.42. The van der Waals surface area contributed by atoms with Gasteiger partial charge in [0.25, 0.3) is 5.91 Å². The number of carboxylic acid groups (broad SMARTS) is 1. The van der Waals surface area contributed by atoms with Gasteiger partial charge in [-0.3, -0.25) is 4.79 Å². The molecule has 1 aromatic carbocycles. The van der Waals surface area contributed by atoms with E-state index in [0.29, 0.717) is 53.6 Å². The molecule has 11 nitrogen and oxygen atoms in total. The van der Waals surface area contributed by atoms with Crippen LogP contribution in [0.1, 0.15) is 10.4 Å². The summed E-state index contributed by atoms with van der Waals surface area (Å²) in [4.78, 5) is 41.0. The van der Waals surface area contributed by atoms with Crippen molar-refractivity contribution >= 4 is 35.4 Å². The lowest BCUT2D eigenvalue weighted by Crippen LogP contribution is -2.27. The van der Waals surface area contributed by atoms with Crippen LogP contribution in [0.5, 0.6) is 0 Å². The number of aromatic nitrogens is 4. The molecule has 0 atom stereocenters. The van der Waals surface area contributed by atoms with Crippen molar-refractivity contribution in [2.24, 2.45) is 0 Å². The Morgan fingerprint density at radius 2 is 1.34 bits per heavy atom. The molecule has 0 bridgehead atoms. The smallest absolute Gasteiger partial charge is 0.329 e. The number of ether oxygens (including phenoxy) is 3. The van der Waals surface area contributed by atoms with Crippen molar-refractivity contribution in [3.63, 3.8) is 0 Å². The van der Waals surface area contributed by atoms with Gasteiger partial charge in [0.1, 0.15) is 6.61 Å². The van der Waals surface area contributed by atoms with Crippen LogP contribution in [-0.4, -0.2) is 95.6 Å². The summed E-state index contributed by atoms with van der Waals surface area (Å²) in [5.74, 6) is -1.27. The second kappa shape index (κ2) is 16.0. The van der Waals surface area contributed by atoms with Crippen molar-refractivity contribution in [3.8, 4) is 22.5 Å². The van der Waals surface area contributed by atoms with Gasteiger partial charge in [-0.25, -0.2) is 24.7 Å².